The number of nitrogens with one attached hydrogen (secondary N) is 1. The van der Waals surface area contributed by atoms with Crippen molar-refractivity contribution in [2.75, 3.05) is 5.32 Å². The fraction of sp³-hybridized carbons (Fsp3) is 0.385. The van der Waals surface area contributed by atoms with Gasteiger partial charge in [0.1, 0.15) is 5.92 Å². The summed E-state index contributed by atoms with van der Waals surface area (Å²) in [4.78, 5) is 11.8. The molecule has 1 amide bonds. The predicted molar refractivity (Wildman–Crippen MR) is 63.7 cm³/mol. The van der Waals surface area contributed by atoms with Crippen molar-refractivity contribution < 1.29 is 4.79 Å². The van der Waals surface area contributed by atoms with Gasteiger partial charge in [-0.15, -0.1) is 0 Å². The molecule has 1 N–H and O–H groups in total. The monoisotopic (exact) mass is 216 g/mol. The number of hydrogen-bond donors (Lipinski definition) is 1. The minimum absolute atomic E-state index is 0.0230. The van der Waals surface area contributed by atoms with Crippen molar-refractivity contribution in [3.63, 3.8) is 0 Å². The van der Waals surface area contributed by atoms with Crippen LogP contribution in [0.2, 0.25) is 0 Å². The van der Waals surface area contributed by atoms with Crippen LogP contribution in [0, 0.1) is 30.1 Å². The molecule has 1 atom stereocenters. The van der Waals surface area contributed by atoms with Gasteiger partial charge in [-0.05, 0) is 30.5 Å². The van der Waals surface area contributed by atoms with Crippen molar-refractivity contribution >= 4 is 11.6 Å². The van der Waals surface area contributed by atoms with E-state index in [9.17, 15) is 4.79 Å². The third-order valence-corrected chi connectivity index (χ3v) is 2.37. The molecule has 0 heterocycles. The zero-order valence-electron chi connectivity index (χ0n) is 9.82. The SMILES string of the molecule is Cc1cccc(NC(=O)C(C#N)C(C)C)c1. The molecule has 0 aromatic heterocycles. The smallest absolute Gasteiger partial charge is 0.241 e. The number of nitriles is 1. The van der Waals surface area contributed by atoms with Crippen LogP contribution < -0.4 is 5.32 Å². The zero-order chi connectivity index (χ0) is 12.1. The highest BCUT2D eigenvalue weighted by Crippen LogP contribution is 2.15. The maximum atomic E-state index is 11.8. The Morgan fingerprint density at radius 1 is 1.44 bits per heavy atom. The third kappa shape index (κ3) is 3.09. The van der Waals surface area contributed by atoms with Crippen LogP contribution in [0.25, 0.3) is 0 Å². The first-order valence-corrected chi connectivity index (χ1v) is 5.31. The van der Waals surface area contributed by atoms with E-state index in [0.717, 1.165) is 11.3 Å². The second-order valence-corrected chi connectivity index (χ2v) is 4.21. The van der Waals surface area contributed by atoms with Gasteiger partial charge in [-0.3, -0.25) is 4.79 Å². The van der Waals surface area contributed by atoms with Gasteiger partial charge in [-0.2, -0.15) is 5.26 Å². The van der Waals surface area contributed by atoms with Gasteiger partial charge < -0.3 is 5.32 Å². The van der Waals surface area contributed by atoms with Gasteiger partial charge in [0.05, 0.1) is 6.07 Å². The van der Waals surface area contributed by atoms with E-state index in [1.807, 2.05) is 51.1 Å². The molecule has 1 unspecified atom stereocenters. The number of carbonyl (C=O) groups excluding carboxylic acids is 1. The zero-order valence-corrected chi connectivity index (χ0v) is 9.82. The van der Waals surface area contributed by atoms with Crippen molar-refractivity contribution in [2.24, 2.45) is 11.8 Å². The standard InChI is InChI=1S/C13H16N2O/c1-9(2)12(8-14)13(16)15-11-6-4-5-10(3)7-11/h4-7,9,12H,1-3H3,(H,15,16). The van der Waals surface area contributed by atoms with Crippen LogP contribution >= 0.6 is 0 Å². The van der Waals surface area contributed by atoms with E-state index >= 15 is 0 Å². The number of nitrogens with zero attached hydrogens (tertiary/aromatic N) is 1. The number of benzene rings is 1. The van der Waals surface area contributed by atoms with Crippen molar-refractivity contribution in [3.05, 3.63) is 29.8 Å². The Bertz CT molecular complexity index is 418. The van der Waals surface area contributed by atoms with Crippen molar-refractivity contribution in [3.8, 4) is 6.07 Å². The molecule has 0 fully saturated rings. The number of anilines is 1. The van der Waals surface area contributed by atoms with Crippen LogP contribution in [0.15, 0.2) is 24.3 Å². The first kappa shape index (κ1) is 12.3. The Morgan fingerprint density at radius 3 is 2.62 bits per heavy atom. The van der Waals surface area contributed by atoms with Gasteiger partial charge in [-0.25, -0.2) is 0 Å². The first-order chi connectivity index (χ1) is 7.54. The Morgan fingerprint density at radius 2 is 2.12 bits per heavy atom. The average Bonchev–Trinajstić information content (AvgIpc) is 2.17. The molecular weight excluding hydrogens is 200 g/mol. The minimum atomic E-state index is -0.597. The molecule has 16 heavy (non-hydrogen) atoms. The Balaban J connectivity index is 2.75. The molecule has 0 radical (unpaired) electrons. The molecule has 0 bridgehead atoms. The second kappa shape index (κ2) is 5.32. The number of rotatable bonds is 3. The van der Waals surface area contributed by atoms with E-state index < -0.39 is 5.92 Å². The van der Waals surface area contributed by atoms with Gasteiger partial charge in [0.2, 0.25) is 5.91 Å². The molecule has 1 aromatic rings. The molecule has 0 saturated carbocycles. The fourth-order valence-electron chi connectivity index (χ4n) is 1.45. The number of hydrogen-bond acceptors (Lipinski definition) is 2. The lowest BCUT2D eigenvalue weighted by molar-refractivity contribution is -0.119. The van der Waals surface area contributed by atoms with Gasteiger partial charge in [0.25, 0.3) is 0 Å². The lowest BCUT2D eigenvalue weighted by atomic mass is 9.96. The molecule has 3 nitrogen and oxygen atoms in total. The minimum Gasteiger partial charge on any atom is -0.325 e. The Kier molecular flexibility index (Phi) is 4.07. The van der Waals surface area contributed by atoms with E-state index in [2.05, 4.69) is 5.32 Å². The normalized spacial score (nSPS) is 11.9. The van der Waals surface area contributed by atoms with Crippen molar-refractivity contribution in [1.29, 1.82) is 5.26 Å². The molecule has 0 aliphatic rings. The van der Waals surface area contributed by atoms with E-state index in [-0.39, 0.29) is 11.8 Å². The highest BCUT2D eigenvalue weighted by atomic mass is 16.1. The largest absolute Gasteiger partial charge is 0.325 e. The van der Waals surface area contributed by atoms with Crippen LogP contribution in [0.4, 0.5) is 5.69 Å². The van der Waals surface area contributed by atoms with Gasteiger partial charge >= 0.3 is 0 Å². The van der Waals surface area contributed by atoms with Crippen LogP contribution in [0.5, 0.6) is 0 Å². The van der Waals surface area contributed by atoms with E-state index in [1.54, 1.807) is 0 Å². The number of carbonyl (C=O) groups is 1. The summed E-state index contributed by atoms with van der Waals surface area (Å²) in [6, 6.07) is 9.56. The summed E-state index contributed by atoms with van der Waals surface area (Å²) >= 11 is 0. The summed E-state index contributed by atoms with van der Waals surface area (Å²) in [6.45, 7) is 5.69. The molecule has 84 valence electrons. The maximum absolute atomic E-state index is 11.8. The van der Waals surface area contributed by atoms with E-state index in [1.165, 1.54) is 0 Å². The number of amides is 1. The van der Waals surface area contributed by atoms with Crippen LogP contribution in [-0.2, 0) is 4.79 Å². The highest BCUT2D eigenvalue weighted by Gasteiger charge is 2.21. The average molecular weight is 216 g/mol. The molecule has 0 spiro atoms. The summed E-state index contributed by atoms with van der Waals surface area (Å²) in [5.41, 5.74) is 1.82. The summed E-state index contributed by atoms with van der Waals surface area (Å²) in [6.07, 6.45) is 0. The Hall–Kier alpha value is -1.82. The molecule has 1 aromatic carbocycles. The van der Waals surface area contributed by atoms with Gasteiger partial charge in [0.15, 0.2) is 0 Å². The summed E-state index contributed by atoms with van der Waals surface area (Å²) in [5, 5.41) is 11.6. The second-order valence-electron chi connectivity index (χ2n) is 4.21. The third-order valence-electron chi connectivity index (χ3n) is 2.37. The summed E-state index contributed by atoms with van der Waals surface area (Å²) in [7, 11) is 0. The lowest BCUT2D eigenvalue weighted by Crippen LogP contribution is -2.25. The quantitative estimate of drug-likeness (QED) is 0.844. The number of aryl methyl sites for hydroxylation is 1. The van der Waals surface area contributed by atoms with Crippen molar-refractivity contribution in [1.82, 2.24) is 0 Å². The lowest BCUT2D eigenvalue weighted by Gasteiger charge is -2.13. The van der Waals surface area contributed by atoms with E-state index in [4.69, 9.17) is 5.26 Å². The van der Waals surface area contributed by atoms with Crippen LogP contribution in [0.1, 0.15) is 19.4 Å². The molecule has 1 rings (SSSR count). The summed E-state index contributed by atoms with van der Waals surface area (Å²) in [5.74, 6) is -0.807. The van der Waals surface area contributed by atoms with E-state index in [0.29, 0.717) is 0 Å². The van der Waals surface area contributed by atoms with Crippen LogP contribution in [-0.4, -0.2) is 5.91 Å². The molecular formula is C13H16N2O. The van der Waals surface area contributed by atoms with Gasteiger partial charge in [-0.1, -0.05) is 26.0 Å². The molecule has 3 heteroatoms. The summed E-state index contributed by atoms with van der Waals surface area (Å²) < 4.78 is 0. The first-order valence-electron chi connectivity index (χ1n) is 5.31. The topological polar surface area (TPSA) is 52.9 Å². The van der Waals surface area contributed by atoms with Crippen LogP contribution in [0.3, 0.4) is 0 Å². The molecule has 0 aliphatic heterocycles. The Labute approximate surface area is 96.1 Å². The molecule has 0 saturated heterocycles. The molecule has 0 aliphatic carbocycles. The fourth-order valence-corrected chi connectivity index (χ4v) is 1.45. The maximum Gasteiger partial charge on any atom is 0.241 e. The highest BCUT2D eigenvalue weighted by molar-refractivity contribution is 5.94. The van der Waals surface area contributed by atoms with Crippen molar-refractivity contribution in [2.45, 2.75) is 20.8 Å². The van der Waals surface area contributed by atoms with Gasteiger partial charge in [0, 0.05) is 5.69 Å². The predicted octanol–water partition coefficient (Wildman–Crippen LogP) is 2.73.